The van der Waals surface area contributed by atoms with Crippen molar-refractivity contribution >= 4 is 5.91 Å². The van der Waals surface area contributed by atoms with Crippen LogP contribution < -0.4 is 0 Å². The molecule has 0 aliphatic heterocycles. The van der Waals surface area contributed by atoms with Crippen LogP contribution in [-0.4, -0.2) is 32.6 Å². The van der Waals surface area contributed by atoms with Gasteiger partial charge in [0.05, 0.1) is 11.3 Å². The van der Waals surface area contributed by atoms with Crippen molar-refractivity contribution in [3.63, 3.8) is 0 Å². The first-order valence-electron chi connectivity index (χ1n) is 8.25. The summed E-state index contributed by atoms with van der Waals surface area (Å²) in [5.41, 5.74) is 4.84. The molecule has 0 spiro atoms. The smallest absolute Gasteiger partial charge is 0.255 e. The second kappa shape index (κ2) is 6.89. The predicted molar refractivity (Wildman–Crippen MR) is 97.8 cm³/mol. The third-order valence-corrected chi connectivity index (χ3v) is 4.11. The van der Waals surface area contributed by atoms with E-state index < -0.39 is 0 Å². The zero-order valence-corrected chi connectivity index (χ0v) is 15.0. The Labute approximate surface area is 147 Å². The van der Waals surface area contributed by atoms with Crippen LogP contribution in [0.5, 0.6) is 0 Å². The van der Waals surface area contributed by atoms with Crippen molar-refractivity contribution in [3.8, 4) is 5.82 Å². The average Bonchev–Trinajstić information content (AvgIpc) is 2.94. The van der Waals surface area contributed by atoms with E-state index in [1.54, 1.807) is 28.9 Å². The lowest BCUT2D eigenvalue weighted by atomic mass is 10.1. The van der Waals surface area contributed by atoms with Crippen molar-refractivity contribution in [3.05, 3.63) is 76.7 Å². The van der Waals surface area contributed by atoms with Gasteiger partial charge >= 0.3 is 0 Å². The van der Waals surface area contributed by atoms with Crippen LogP contribution in [0.15, 0.2) is 48.7 Å². The van der Waals surface area contributed by atoms with Gasteiger partial charge in [0, 0.05) is 25.5 Å². The van der Waals surface area contributed by atoms with Crippen LogP contribution in [0, 0.1) is 20.8 Å². The summed E-state index contributed by atoms with van der Waals surface area (Å²) in [6, 6.07) is 13.8. The van der Waals surface area contributed by atoms with Gasteiger partial charge in [0.2, 0.25) is 0 Å². The van der Waals surface area contributed by atoms with Gasteiger partial charge in [-0.25, -0.2) is 9.67 Å². The van der Waals surface area contributed by atoms with Crippen molar-refractivity contribution in [2.45, 2.75) is 27.3 Å². The first-order chi connectivity index (χ1) is 11.9. The summed E-state index contributed by atoms with van der Waals surface area (Å²) in [7, 11) is 1.80. The Bertz CT molecular complexity index is 879. The number of hydrogen-bond acceptors (Lipinski definition) is 3. The van der Waals surface area contributed by atoms with Crippen LogP contribution in [-0.2, 0) is 6.54 Å². The van der Waals surface area contributed by atoms with Crippen LogP contribution >= 0.6 is 0 Å². The Morgan fingerprint density at radius 2 is 1.80 bits per heavy atom. The highest BCUT2D eigenvalue weighted by molar-refractivity contribution is 5.93. The van der Waals surface area contributed by atoms with E-state index in [4.69, 9.17) is 0 Å². The van der Waals surface area contributed by atoms with Crippen molar-refractivity contribution in [2.24, 2.45) is 0 Å². The van der Waals surface area contributed by atoms with Gasteiger partial charge in [-0.15, -0.1) is 0 Å². The molecule has 128 valence electrons. The molecular formula is C20H22N4O. The molecular weight excluding hydrogens is 312 g/mol. The zero-order chi connectivity index (χ0) is 18.0. The molecule has 2 aromatic heterocycles. The summed E-state index contributed by atoms with van der Waals surface area (Å²) in [5.74, 6) is 0.663. The Morgan fingerprint density at radius 1 is 1.08 bits per heavy atom. The van der Waals surface area contributed by atoms with E-state index in [1.165, 1.54) is 5.56 Å². The minimum absolute atomic E-state index is 0.0482. The van der Waals surface area contributed by atoms with Gasteiger partial charge in [-0.1, -0.05) is 29.8 Å². The second-order valence-corrected chi connectivity index (χ2v) is 6.39. The lowest BCUT2D eigenvalue weighted by molar-refractivity contribution is 0.0784. The number of aromatic nitrogens is 3. The fraction of sp³-hybridized carbons (Fsp3) is 0.250. The molecule has 0 radical (unpaired) electrons. The summed E-state index contributed by atoms with van der Waals surface area (Å²) in [6.45, 7) is 6.55. The Morgan fingerprint density at radius 3 is 2.36 bits per heavy atom. The Kier molecular flexibility index (Phi) is 4.65. The monoisotopic (exact) mass is 334 g/mol. The molecule has 1 amide bonds. The third-order valence-electron chi connectivity index (χ3n) is 4.11. The summed E-state index contributed by atoms with van der Waals surface area (Å²) >= 11 is 0. The van der Waals surface area contributed by atoms with E-state index in [0.717, 1.165) is 17.0 Å². The number of carbonyl (C=O) groups excluding carboxylic acids is 1. The highest BCUT2D eigenvalue weighted by Crippen LogP contribution is 2.13. The molecule has 0 unspecified atom stereocenters. The maximum Gasteiger partial charge on any atom is 0.255 e. The molecule has 3 aromatic rings. The van der Waals surface area contributed by atoms with Crippen molar-refractivity contribution < 1.29 is 4.79 Å². The molecule has 0 fully saturated rings. The Balaban J connectivity index is 1.73. The molecule has 0 N–H and O–H groups in total. The summed E-state index contributed by atoms with van der Waals surface area (Å²) in [5, 5.41) is 4.41. The number of rotatable bonds is 4. The number of hydrogen-bond donors (Lipinski definition) is 0. The van der Waals surface area contributed by atoms with Gasteiger partial charge in [-0.2, -0.15) is 5.10 Å². The molecule has 5 nitrogen and oxygen atoms in total. The van der Waals surface area contributed by atoms with Gasteiger partial charge in [0.1, 0.15) is 0 Å². The fourth-order valence-corrected chi connectivity index (χ4v) is 2.76. The second-order valence-electron chi connectivity index (χ2n) is 6.39. The molecule has 5 heteroatoms. The normalized spacial score (nSPS) is 10.7. The Hall–Kier alpha value is -2.95. The number of carbonyl (C=O) groups is 1. The van der Waals surface area contributed by atoms with E-state index in [9.17, 15) is 4.79 Å². The molecule has 0 bridgehead atoms. The zero-order valence-electron chi connectivity index (χ0n) is 15.0. The quantitative estimate of drug-likeness (QED) is 0.734. The number of benzene rings is 1. The number of amides is 1. The van der Waals surface area contributed by atoms with Crippen molar-refractivity contribution in [2.75, 3.05) is 7.05 Å². The summed E-state index contributed by atoms with van der Waals surface area (Å²) in [4.78, 5) is 18.7. The van der Waals surface area contributed by atoms with E-state index >= 15 is 0 Å². The lowest BCUT2D eigenvalue weighted by Gasteiger charge is -2.17. The van der Waals surface area contributed by atoms with Crippen molar-refractivity contribution in [1.29, 1.82) is 0 Å². The SMILES string of the molecule is Cc1ccc(CN(C)C(=O)c2ccc(-n3nc(C)cc3C)nc2)cc1. The molecule has 0 aliphatic carbocycles. The van der Waals surface area contributed by atoms with Gasteiger partial charge < -0.3 is 4.90 Å². The average molecular weight is 334 g/mol. The largest absolute Gasteiger partial charge is 0.337 e. The minimum atomic E-state index is -0.0482. The third kappa shape index (κ3) is 3.76. The lowest BCUT2D eigenvalue weighted by Crippen LogP contribution is -2.26. The van der Waals surface area contributed by atoms with Crippen LogP contribution in [0.2, 0.25) is 0 Å². The maximum atomic E-state index is 12.6. The van der Waals surface area contributed by atoms with Crippen LogP contribution in [0.4, 0.5) is 0 Å². The minimum Gasteiger partial charge on any atom is -0.337 e. The standard InChI is InChI=1S/C20H22N4O/c1-14-5-7-17(8-6-14)13-23(4)20(25)18-9-10-19(21-12-18)24-16(3)11-15(2)22-24/h5-12H,13H2,1-4H3. The van der Waals surface area contributed by atoms with Crippen molar-refractivity contribution in [1.82, 2.24) is 19.7 Å². The van der Waals surface area contributed by atoms with Crippen LogP contribution in [0.1, 0.15) is 32.9 Å². The highest BCUT2D eigenvalue weighted by atomic mass is 16.2. The molecule has 0 aliphatic rings. The van der Waals surface area contributed by atoms with Gasteiger partial charge in [-0.05, 0) is 44.5 Å². The highest BCUT2D eigenvalue weighted by Gasteiger charge is 2.13. The number of nitrogens with zero attached hydrogens (tertiary/aromatic N) is 4. The topological polar surface area (TPSA) is 51.0 Å². The van der Waals surface area contributed by atoms with Gasteiger partial charge in [0.25, 0.3) is 5.91 Å². The summed E-state index contributed by atoms with van der Waals surface area (Å²) in [6.07, 6.45) is 1.61. The summed E-state index contributed by atoms with van der Waals surface area (Å²) < 4.78 is 1.78. The predicted octanol–water partition coefficient (Wildman–Crippen LogP) is 3.46. The number of pyridine rings is 1. The molecule has 0 saturated heterocycles. The maximum absolute atomic E-state index is 12.6. The van der Waals surface area contributed by atoms with Gasteiger partial charge in [-0.3, -0.25) is 4.79 Å². The molecule has 2 heterocycles. The van der Waals surface area contributed by atoms with E-state index in [2.05, 4.69) is 29.1 Å². The molecule has 0 atom stereocenters. The first-order valence-corrected chi connectivity index (χ1v) is 8.25. The molecule has 3 rings (SSSR count). The fourth-order valence-electron chi connectivity index (χ4n) is 2.76. The van der Waals surface area contributed by atoms with Crippen LogP contribution in [0.25, 0.3) is 5.82 Å². The molecule has 25 heavy (non-hydrogen) atoms. The molecule has 1 aromatic carbocycles. The van der Waals surface area contributed by atoms with E-state index in [0.29, 0.717) is 17.9 Å². The first kappa shape index (κ1) is 16.9. The van der Waals surface area contributed by atoms with Gasteiger partial charge in [0.15, 0.2) is 5.82 Å². The van der Waals surface area contributed by atoms with E-state index in [1.807, 2.05) is 38.1 Å². The molecule has 0 saturated carbocycles. The van der Waals surface area contributed by atoms with E-state index in [-0.39, 0.29) is 5.91 Å². The number of aryl methyl sites for hydroxylation is 3. The van der Waals surface area contributed by atoms with Crippen LogP contribution in [0.3, 0.4) is 0 Å².